The zero-order valence-electron chi connectivity index (χ0n) is 16.5. The Kier molecular flexibility index (Phi) is 8.11. The molecule has 1 fully saturated rings. The first-order valence-electron chi connectivity index (χ1n) is 9.60. The lowest BCUT2D eigenvalue weighted by Gasteiger charge is -2.21. The van der Waals surface area contributed by atoms with Gasteiger partial charge in [0.2, 0.25) is 0 Å². The van der Waals surface area contributed by atoms with Gasteiger partial charge in [0.15, 0.2) is 6.61 Å². The quantitative estimate of drug-likeness (QED) is 0.598. The van der Waals surface area contributed by atoms with Gasteiger partial charge in [-0.05, 0) is 30.9 Å². The highest BCUT2D eigenvalue weighted by Crippen LogP contribution is 2.17. The van der Waals surface area contributed by atoms with Crippen molar-refractivity contribution in [2.45, 2.75) is 51.6 Å². The van der Waals surface area contributed by atoms with Crippen LogP contribution in [0.2, 0.25) is 0 Å². The van der Waals surface area contributed by atoms with Gasteiger partial charge in [-0.15, -0.1) is 0 Å². The largest absolute Gasteiger partial charge is 0.454 e. The first-order chi connectivity index (χ1) is 13.8. The van der Waals surface area contributed by atoms with E-state index >= 15 is 0 Å². The van der Waals surface area contributed by atoms with Crippen molar-refractivity contribution < 1.29 is 28.3 Å². The van der Waals surface area contributed by atoms with E-state index in [1.165, 1.54) is 18.2 Å². The van der Waals surface area contributed by atoms with E-state index in [0.29, 0.717) is 0 Å². The highest BCUT2D eigenvalue weighted by Gasteiger charge is 2.28. The number of amides is 4. The number of hydrogen-bond donors (Lipinski definition) is 3. The van der Waals surface area contributed by atoms with Crippen molar-refractivity contribution in [2.24, 2.45) is 5.92 Å². The van der Waals surface area contributed by atoms with Crippen LogP contribution >= 0.6 is 0 Å². The smallest absolute Gasteiger partial charge is 0.329 e. The minimum Gasteiger partial charge on any atom is -0.454 e. The maximum Gasteiger partial charge on any atom is 0.329 e. The molecule has 8 nitrogen and oxygen atoms in total. The summed E-state index contributed by atoms with van der Waals surface area (Å²) in [6.45, 7) is 2.67. The minimum atomic E-state index is -1.08. The number of carbonyl (C=O) groups is 4. The Balaban J connectivity index is 1.84. The van der Waals surface area contributed by atoms with Crippen LogP contribution in [-0.4, -0.2) is 42.5 Å². The molecule has 0 aromatic heterocycles. The van der Waals surface area contributed by atoms with Crippen molar-refractivity contribution in [2.75, 3.05) is 6.61 Å². The number of rotatable bonds is 7. The Bertz CT molecular complexity index is 762. The second-order valence-corrected chi connectivity index (χ2v) is 7.29. The van der Waals surface area contributed by atoms with Gasteiger partial charge in [-0.2, -0.15) is 0 Å². The standard InChI is InChI=1S/C20H26FN3O5/c1-12(2)17(24-18(26)14-9-5-6-10-15(14)21)19(27)29-11-16(25)23-20(28)22-13-7-3-4-8-13/h5-6,9-10,12-13,17H,3-4,7-8,11H2,1-2H3,(H,24,26)(H2,22,23,25,28)/t17-/m0/s1. The number of carbonyl (C=O) groups excluding carboxylic acids is 4. The molecule has 1 aromatic carbocycles. The van der Waals surface area contributed by atoms with Crippen molar-refractivity contribution in [3.8, 4) is 0 Å². The van der Waals surface area contributed by atoms with Crippen molar-refractivity contribution in [1.29, 1.82) is 0 Å². The molecule has 4 amide bonds. The van der Waals surface area contributed by atoms with Crippen LogP contribution in [0.15, 0.2) is 24.3 Å². The van der Waals surface area contributed by atoms with E-state index < -0.39 is 42.3 Å². The maximum atomic E-state index is 13.7. The normalized spacial score (nSPS) is 14.9. The second-order valence-electron chi connectivity index (χ2n) is 7.29. The van der Waals surface area contributed by atoms with Crippen molar-refractivity contribution >= 4 is 23.8 Å². The molecule has 0 bridgehead atoms. The van der Waals surface area contributed by atoms with Gasteiger partial charge < -0.3 is 15.4 Å². The molecule has 9 heteroatoms. The number of urea groups is 1. The third kappa shape index (κ3) is 6.85. The minimum absolute atomic E-state index is 0.0456. The monoisotopic (exact) mass is 407 g/mol. The molecule has 158 valence electrons. The lowest BCUT2D eigenvalue weighted by atomic mass is 10.0. The zero-order chi connectivity index (χ0) is 21.4. The lowest BCUT2D eigenvalue weighted by Crippen LogP contribution is -2.48. The van der Waals surface area contributed by atoms with Crippen LogP contribution in [-0.2, 0) is 14.3 Å². The number of ether oxygens (including phenoxy) is 1. The van der Waals surface area contributed by atoms with E-state index in [4.69, 9.17) is 4.74 Å². The summed E-state index contributed by atoms with van der Waals surface area (Å²) in [5.41, 5.74) is -0.202. The number of esters is 1. The highest BCUT2D eigenvalue weighted by molar-refractivity contribution is 5.98. The second kappa shape index (κ2) is 10.5. The molecule has 1 saturated carbocycles. The first-order valence-corrected chi connectivity index (χ1v) is 9.60. The van der Waals surface area contributed by atoms with Crippen LogP contribution in [0.1, 0.15) is 49.9 Å². The van der Waals surface area contributed by atoms with Crippen molar-refractivity contribution in [3.63, 3.8) is 0 Å². The van der Waals surface area contributed by atoms with Crippen LogP contribution in [0.5, 0.6) is 0 Å². The fourth-order valence-corrected chi connectivity index (χ4v) is 3.04. The molecule has 1 aliphatic carbocycles. The topological polar surface area (TPSA) is 114 Å². The summed E-state index contributed by atoms with van der Waals surface area (Å²) in [5.74, 6) is -3.48. The molecule has 3 N–H and O–H groups in total. The molecule has 1 aromatic rings. The van der Waals surface area contributed by atoms with E-state index in [1.54, 1.807) is 13.8 Å². The number of benzene rings is 1. The third-order valence-electron chi connectivity index (χ3n) is 4.61. The Morgan fingerprint density at radius 2 is 1.79 bits per heavy atom. The molecular weight excluding hydrogens is 381 g/mol. The molecule has 1 aliphatic rings. The summed E-state index contributed by atoms with van der Waals surface area (Å²) in [5, 5.41) is 7.21. The molecular formula is C20H26FN3O5. The van der Waals surface area contributed by atoms with Gasteiger partial charge >= 0.3 is 12.0 Å². The van der Waals surface area contributed by atoms with E-state index in [9.17, 15) is 23.6 Å². The van der Waals surface area contributed by atoms with Crippen LogP contribution in [0.25, 0.3) is 0 Å². The molecule has 0 heterocycles. The van der Waals surface area contributed by atoms with E-state index in [0.717, 1.165) is 31.7 Å². The van der Waals surface area contributed by atoms with Crippen LogP contribution in [0, 0.1) is 11.7 Å². The van der Waals surface area contributed by atoms with Gasteiger partial charge in [0.25, 0.3) is 11.8 Å². The van der Waals surface area contributed by atoms with Gasteiger partial charge in [-0.1, -0.05) is 38.8 Å². The molecule has 0 unspecified atom stereocenters. The Morgan fingerprint density at radius 1 is 1.14 bits per heavy atom. The Hall–Kier alpha value is -2.97. The van der Waals surface area contributed by atoms with Gasteiger partial charge in [-0.3, -0.25) is 14.9 Å². The predicted octanol–water partition coefficient (Wildman–Crippen LogP) is 1.89. The molecule has 2 rings (SSSR count). The van der Waals surface area contributed by atoms with E-state index in [-0.39, 0.29) is 17.5 Å². The van der Waals surface area contributed by atoms with Crippen LogP contribution < -0.4 is 16.0 Å². The third-order valence-corrected chi connectivity index (χ3v) is 4.61. The van der Waals surface area contributed by atoms with Gasteiger partial charge in [0.05, 0.1) is 5.56 Å². The molecule has 0 spiro atoms. The number of nitrogens with one attached hydrogen (secondary N) is 3. The van der Waals surface area contributed by atoms with Crippen LogP contribution in [0.3, 0.4) is 0 Å². The molecule has 0 saturated heterocycles. The number of imide groups is 1. The highest BCUT2D eigenvalue weighted by atomic mass is 19.1. The van der Waals surface area contributed by atoms with Crippen molar-refractivity contribution in [3.05, 3.63) is 35.6 Å². The molecule has 0 radical (unpaired) electrons. The first kappa shape index (κ1) is 22.3. The molecule has 29 heavy (non-hydrogen) atoms. The van der Waals surface area contributed by atoms with Gasteiger partial charge in [0, 0.05) is 6.04 Å². The Morgan fingerprint density at radius 3 is 2.41 bits per heavy atom. The van der Waals surface area contributed by atoms with Crippen molar-refractivity contribution in [1.82, 2.24) is 16.0 Å². The van der Waals surface area contributed by atoms with E-state index in [2.05, 4.69) is 16.0 Å². The SMILES string of the molecule is CC(C)[C@H](NC(=O)c1ccccc1F)C(=O)OCC(=O)NC(=O)NC1CCCC1. The van der Waals surface area contributed by atoms with E-state index in [1.807, 2.05) is 0 Å². The number of hydrogen-bond acceptors (Lipinski definition) is 5. The lowest BCUT2D eigenvalue weighted by molar-refractivity contribution is -0.151. The van der Waals surface area contributed by atoms with Gasteiger partial charge in [0.1, 0.15) is 11.9 Å². The fourth-order valence-electron chi connectivity index (χ4n) is 3.04. The average molecular weight is 407 g/mol. The molecule has 1 atom stereocenters. The maximum absolute atomic E-state index is 13.7. The molecule has 0 aliphatic heterocycles. The number of halogens is 1. The summed E-state index contributed by atoms with van der Waals surface area (Å²) < 4.78 is 18.7. The fraction of sp³-hybridized carbons (Fsp3) is 0.500. The summed E-state index contributed by atoms with van der Waals surface area (Å²) >= 11 is 0. The van der Waals surface area contributed by atoms with Gasteiger partial charge in [-0.25, -0.2) is 14.0 Å². The Labute approximate surface area is 168 Å². The summed E-state index contributed by atoms with van der Waals surface area (Å²) in [6, 6.07) is 3.71. The zero-order valence-corrected chi connectivity index (χ0v) is 16.5. The summed E-state index contributed by atoms with van der Waals surface area (Å²) in [6.07, 6.45) is 3.81. The predicted molar refractivity (Wildman–Crippen MR) is 102 cm³/mol. The summed E-state index contributed by atoms with van der Waals surface area (Å²) in [7, 11) is 0. The van der Waals surface area contributed by atoms with Crippen LogP contribution in [0.4, 0.5) is 9.18 Å². The average Bonchev–Trinajstić information content (AvgIpc) is 3.16. The summed E-state index contributed by atoms with van der Waals surface area (Å²) in [4.78, 5) is 48.1.